The lowest BCUT2D eigenvalue weighted by Crippen LogP contribution is -2.26. The molecule has 1 rings (SSSR count). The summed E-state index contributed by atoms with van der Waals surface area (Å²) in [5, 5.41) is 3.08. The molecule has 1 aromatic heterocycles. The number of hydrogen-bond acceptors (Lipinski definition) is 3. The van der Waals surface area contributed by atoms with Crippen LogP contribution in [0.3, 0.4) is 0 Å². The Morgan fingerprint density at radius 3 is 2.60 bits per heavy atom. The molecule has 0 unspecified atom stereocenters. The van der Waals surface area contributed by atoms with Gasteiger partial charge in [0.1, 0.15) is 6.26 Å². The maximum Gasteiger partial charge on any atom is 0.294 e. The molecule has 1 N–H and O–H groups in total. The molecule has 3 heteroatoms. The van der Waals surface area contributed by atoms with Crippen molar-refractivity contribution < 1.29 is 4.42 Å². The molecule has 56 valence electrons. The zero-order chi connectivity index (χ0) is 7.61. The summed E-state index contributed by atoms with van der Waals surface area (Å²) in [4.78, 5) is 3.92. The summed E-state index contributed by atoms with van der Waals surface area (Å²) in [6, 6.07) is 0.576. The molecular weight excluding hydrogens is 128 g/mol. The van der Waals surface area contributed by atoms with Crippen molar-refractivity contribution in [1.82, 2.24) is 4.98 Å². The molecule has 3 nitrogen and oxygen atoms in total. The van der Waals surface area contributed by atoms with Crippen molar-refractivity contribution in [2.75, 3.05) is 5.32 Å². The lowest BCUT2D eigenvalue weighted by Gasteiger charge is -2.18. The van der Waals surface area contributed by atoms with Crippen LogP contribution in [-0.4, -0.2) is 10.5 Å². The van der Waals surface area contributed by atoms with Gasteiger partial charge >= 0.3 is 0 Å². The molecule has 0 spiro atoms. The van der Waals surface area contributed by atoms with Gasteiger partial charge in [-0.05, 0) is 20.8 Å². The lowest BCUT2D eigenvalue weighted by atomic mass is 10.1. The monoisotopic (exact) mass is 140 g/mol. The van der Waals surface area contributed by atoms with Crippen LogP contribution in [0.25, 0.3) is 0 Å². The molecule has 0 aliphatic carbocycles. The van der Waals surface area contributed by atoms with E-state index in [-0.39, 0.29) is 5.54 Å². The minimum atomic E-state index is 0.0187. The first-order chi connectivity index (χ1) is 4.58. The molecule has 0 bridgehead atoms. The van der Waals surface area contributed by atoms with Crippen LogP contribution in [0.5, 0.6) is 0 Å². The zero-order valence-corrected chi connectivity index (χ0v) is 6.51. The van der Waals surface area contributed by atoms with E-state index in [1.807, 2.05) is 0 Å². The predicted molar refractivity (Wildman–Crippen MR) is 39.9 cm³/mol. The Kier molecular flexibility index (Phi) is 1.66. The Hall–Kier alpha value is -0.990. The Labute approximate surface area is 60.5 Å². The van der Waals surface area contributed by atoms with Crippen molar-refractivity contribution in [3.05, 3.63) is 12.5 Å². The van der Waals surface area contributed by atoms with Crippen LogP contribution >= 0.6 is 0 Å². The average molecular weight is 140 g/mol. The normalized spacial score (nSPS) is 11.5. The summed E-state index contributed by atoms with van der Waals surface area (Å²) in [5.74, 6) is 0. The van der Waals surface area contributed by atoms with E-state index in [0.717, 1.165) is 0 Å². The minimum absolute atomic E-state index is 0.0187. The highest BCUT2D eigenvalue weighted by Crippen LogP contribution is 2.10. The van der Waals surface area contributed by atoms with Gasteiger partial charge in [-0.3, -0.25) is 0 Å². The van der Waals surface area contributed by atoms with E-state index in [4.69, 9.17) is 4.42 Å². The zero-order valence-electron chi connectivity index (χ0n) is 6.51. The summed E-state index contributed by atoms with van der Waals surface area (Å²) in [5.41, 5.74) is 0.0187. The van der Waals surface area contributed by atoms with Gasteiger partial charge in [-0.2, -0.15) is 0 Å². The third-order valence-electron chi connectivity index (χ3n) is 0.914. The number of aromatic nitrogens is 1. The van der Waals surface area contributed by atoms with Crippen molar-refractivity contribution in [2.24, 2.45) is 0 Å². The highest BCUT2D eigenvalue weighted by Gasteiger charge is 2.10. The largest absolute Gasteiger partial charge is 0.432 e. The van der Waals surface area contributed by atoms with Crippen molar-refractivity contribution in [3.8, 4) is 0 Å². The van der Waals surface area contributed by atoms with Crippen molar-refractivity contribution in [2.45, 2.75) is 26.3 Å². The minimum Gasteiger partial charge on any atom is -0.432 e. The third kappa shape index (κ3) is 2.09. The molecule has 1 aromatic rings. The molecule has 0 amide bonds. The van der Waals surface area contributed by atoms with E-state index in [0.29, 0.717) is 6.01 Å². The second-order valence-corrected chi connectivity index (χ2v) is 3.21. The van der Waals surface area contributed by atoms with E-state index in [1.54, 1.807) is 12.5 Å². The van der Waals surface area contributed by atoms with Crippen LogP contribution in [0, 0.1) is 0 Å². The fourth-order valence-corrected chi connectivity index (χ4v) is 0.606. The summed E-state index contributed by atoms with van der Waals surface area (Å²) < 4.78 is 4.99. The highest BCUT2D eigenvalue weighted by molar-refractivity contribution is 5.22. The van der Waals surface area contributed by atoms with E-state index in [2.05, 4.69) is 31.1 Å². The van der Waals surface area contributed by atoms with Gasteiger partial charge in [-0.1, -0.05) is 0 Å². The molecule has 0 aliphatic rings. The Bertz CT molecular complexity index is 186. The fraction of sp³-hybridized carbons (Fsp3) is 0.571. The van der Waals surface area contributed by atoms with E-state index >= 15 is 0 Å². The average Bonchev–Trinajstić information content (AvgIpc) is 2.12. The Morgan fingerprint density at radius 1 is 1.50 bits per heavy atom. The van der Waals surface area contributed by atoms with Crippen LogP contribution in [0.1, 0.15) is 20.8 Å². The van der Waals surface area contributed by atoms with E-state index in [1.165, 1.54) is 0 Å². The molecule has 0 fully saturated rings. The van der Waals surface area contributed by atoms with Crippen molar-refractivity contribution >= 4 is 6.01 Å². The second-order valence-electron chi connectivity index (χ2n) is 3.21. The fourth-order valence-electron chi connectivity index (χ4n) is 0.606. The summed E-state index contributed by atoms with van der Waals surface area (Å²) in [7, 11) is 0. The number of hydrogen-bond donors (Lipinski definition) is 1. The van der Waals surface area contributed by atoms with Gasteiger partial charge in [0.2, 0.25) is 0 Å². The number of anilines is 1. The van der Waals surface area contributed by atoms with Gasteiger partial charge in [0, 0.05) is 5.54 Å². The van der Waals surface area contributed by atoms with Gasteiger partial charge < -0.3 is 9.73 Å². The molecule has 1 heterocycles. The van der Waals surface area contributed by atoms with Crippen LogP contribution in [0.15, 0.2) is 16.9 Å². The Balaban J connectivity index is 2.57. The first-order valence-electron chi connectivity index (χ1n) is 3.25. The maximum atomic E-state index is 4.99. The highest BCUT2D eigenvalue weighted by atomic mass is 16.4. The number of rotatable bonds is 1. The van der Waals surface area contributed by atoms with Crippen LogP contribution < -0.4 is 5.32 Å². The molecule has 0 saturated heterocycles. The number of nitrogens with one attached hydrogen (secondary N) is 1. The topological polar surface area (TPSA) is 38.1 Å². The van der Waals surface area contributed by atoms with Gasteiger partial charge in [0.05, 0.1) is 6.20 Å². The van der Waals surface area contributed by atoms with Crippen molar-refractivity contribution in [1.29, 1.82) is 0 Å². The molecule has 0 radical (unpaired) electrons. The summed E-state index contributed by atoms with van der Waals surface area (Å²) in [6.07, 6.45) is 3.17. The van der Waals surface area contributed by atoms with Crippen LogP contribution in [-0.2, 0) is 0 Å². The Morgan fingerprint density at radius 2 is 2.20 bits per heavy atom. The third-order valence-corrected chi connectivity index (χ3v) is 0.914. The van der Waals surface area contributed by atoms with Crippen molar-refractivity contribution in [3.63, 3.8) is 0 Å². The van der Waals surface area contributed by atoms with Gasteiger partial charge in [0.25, 0.3) is 6.01 Å². The standard InChI is InChI=1S/C7H12N2O/c1-7(2,3)9-6-8-4-5-10-6/h4-5H,1-3H3,(H,8,9). The first-order valence-corrected chi connectivity index (χ1v) is 3.25. The maximum absolute atomic E-state index is 4.99. The number of nitrogens with zero attached hydrogens (tertiary/aromatic N) is 1. The molecule has 0 atom stereocenters. The molecule has 0 aliphatic heterocycles. The van der Waals surface area contributed by atoms with E-state index in [9.17, 15) is 0 Å². The van der Waals surface area contributed by atoms with Gasteiger partial charge in [-0.15, -0.1) is 0 Å². The summed E-state index contributed by atoms with van der Waals surface area (Å²) in [6.45, 7) is 6.16. The molecule has 0 saturated carbocycles. The number of oxazole rings is 1. The smallest absolute Gasteiger partial charge is 0.294 e. The predicted octanol–water partition coefficient (Wildman–Crippen LogP) is 1.88. The lowest BCUT2D eigenvalue weighted by molar-refractivity contribution is 0.531. The SMILES string of the molecule is CC(C)(C)Nc1ncco1. The molecular formula is C7H12N2O. The van der Waals surface area contributed by atoms with Gasteiger partial charge in [-0.25, -0.2) is 4.98 Å². The summed E-state index contributed by atoms with van der Waals surface area (Å²) >= 11 is 0. The van der Waals surface area contributed by atoms with Crippen LogP contribution in [0.2, 0.25) is 0 Å². The van der Waals surface area contributed by atoms with Gasteiger partial charge in [0.15, 0.2) is 0 Å². The van der Waals surface area contributed by atoms with E-state index < -0.39 is 0 Å². The first kappa shape index (κ1) is 7.12. The second kappa shape index (κ2) is 2.33. The quantitative estimate of drug-likeness (QED) is 0.647. The molecule has 10 heavy (non-hydrogen) atoms. The van der Waals surface area contributed by atoms with Crippen LogP contribution in [0.4, 0.5) is 6.01 Å². The molecule has 0 aromatic carbocycles.